The van der Waals surface area contributed by atoms with Crippen LogP contribution in [0.3, 0.4) is 0 Å². The van der Waals surface area contributed by atoms with E-state index < -0.39 is 5.51 Å². The van der Waals surface area contributed by atoms with Crippen LogP contribution in [-0.2, 0) is 6.54 Å². The van der Waals surface area contributed by atoms with Gasteiger partial charge in [0.05, 0.1) is 0 Å². The molecule has 1 aliphatic heterocycles. The van der Waals surface area contributed by atoms with Gasteiger partial charge in [-0.25, -0.2) is 0 Å². The van der Waals surface area contributed by atoms with E-state index in [4.69, 9.17) is 0 Å². The lowest BCUT2D eigenvalue weighted by molar-refractivity contribution is -0.0328. The molecule has 0 radical (unpaired) electrons. The molecule has 0 saturated carbocycles. The molecule has 1 aliphatic rings. The van der Waals surface area contributed by atoms with Crippen molar-refractivity contribution in [3.05, 3.63) is 29.8 Å². The Balaban J connectivity index is 0.00000242. The molecule has 1 aromatic carbocycles. The Morgan fingerprint density at radius 1 is 1.18 bits per heavy atom. The second-order valence-electron chi connectivity index (χ2n) is 5.47. The number of piperidine rings is 1. The van der Waals surface area contributed by atoms with E-state index in [0.717, 1.165) is 37.7 Å². The summed E-state index contributed by atoms with van der Waals surface area (Å²) >= 11 is -0.0593. The number of nitrogens with zero attached hydrogens (tertiary/aromatic N) is 1. The summed E-state index contributed by atoms with van der Waals surface area (Å²) < 4.78 is 36.8. The van der Waals surface area contributed by atoms with Gasteiger partial charge in [-0.3, -0.25) is 4.90 Å². The predicted molar refractivity (Wildman–Crippen MR) is 87.5 cm³/mol. The molecule has 0 amide bonds. The molecule has 1 aromatic rings. The van der Waals surface area contributed by atoms with Crippen LogP contribution in [0.25, 0.3) is 0 Å². The van der Waals surface area contributed by atoms with Gasteiger partial charge in [-0.15, -0.1) is 12.4 Å². The van der Waals surface area contributed by atoms with Crippen LogP contribution in [0.4, 0.5) is 13.2 Å². The van der Waals surface area contributed by atoms with Crippen molar-refractivity contribution in [3.8, 4) is 0 Å². The quantitative estimate of drug-likeness (QED) is 0.800. The van der Waals surface area contributed by atoms with E-state index in [2.05, 4.69) is 10.2 Å². The molecular weight excluding hydrogens is 333 g/mol. The Hall–Kier alpha value is -0.430. The second kappa shape index (κ2) is 9.01. The van der Waals surface area contributed by atoms with Crippen molar-refractivity contribution in [2.45, 2.75) is 29.8 Å². The number of thioether (sulfide) groups is 1. The second-order valence-corrected chi connectivity index (χ2v) is 6.61. The van der Waals surface area contributed by atoms with E-state index in [1.807, 2.05) is 7.05 Å². The monoisotopic (exact) mass is 354 g/mol. The fourth-order valence-corrected chi connectivity index (χ4v) is 3.23. The minimum Gasteiger partial charge on any atom is -0.319 e. The Bertz CT molecular complexity index is 431. The van der Waals surface area contributed by atoms with Crippen LogP contribution in [0.15, 0.2) is 29.2 Å². The van der Waals surface area contributed by atoms with Crippen LogP contribution >= 0.6 is 24.2 Å². The summed E-state index contributed by atoms with van der Waals surface area (Å²) in [7, 11) is 1.98. The maximum Gasteiger partial charge on any atom is 0.446 e. The summed E-state index contributed by atoms with van der Waals surface area (Å²) in [5.74, 6) is 0.747. The SMILES string of the molecule is CNCC1CCN(Cc2ccc(SC(F)(F)F)cc2)CC1.Cl. The molecule has 2 nitrogen and oxygen atoms in total. The molecule has 0 bridgehead atoms. The van der Waals surface area contributed by atoms with Crippen LogP contribution in [0.5, 0.6) is 0 Å². The smallest absolute Gasteiger partial charge is 0.319 e. The number of halogens is 4. The van der Waals surface area contributed by atoms with Gasteiger partial charge < -0.3 is 5.32 Å². The third kappa shape index (κ3) is 6.77. The minimum atomic E-state index is -4.21. The average molecular weight is 355 g/mol. The van der Waals surface area contributed by atoms with E-state index in [1.54, 1.807) is 24.3 Å². The summed E-state index contributed by atoms with van der Waals surface area (Å²) in [6.07, 6.45) is 2.37. The summed E-state index contributed by atoms with van der Waals surface area (Å²) in [6, 6.07) is 6.71. The first-order chi connectivity index (χ1) is 9.96. The lowest BCUT2D eigenvalue weighted by atomic mass is 9.96. The molecule has 0 unspecified atom stereocenters. The van der Waals surface area contributed by atoms with Crippen molar-refractivity contribution in [3.63, 3.8) is 0 Å². The molecule has 1 heterocycles. The van der Waals surface area contributed by atoms with E-state index in [9.17, 15) is 13.2 Å². The highest BCUT2D eigenvalue weighted by Crippen LogP contribution is 2.36. The maximum absolute atomic E-state index is 12.3. The van der Waals surface area contributed by atoms with E-state index in [-0.39, 0.29) is 29.1 Å². The van der Waals surface area contributed by atoms with Crippen molar-refractivity contribution in [2.75, 3.05) is 26.7 Å². The first kappa shape index (κ1) is 19.6. The highest BCUT2D eigenvalue weighted by molar-refractivity contribution is 8.00. The zero-order valence-corrected chi connectivity index (χ0v) is 14.2. The number of likely N-dealkylation sites (tertiary alicyclic amines) is 1. The third-order valence-electron chi connectivity index (χ3n) is 3.76. The number of hydrogen-bond acceptors (Lipinski definition) is 3. The number of benzene rings is 1. The number of alkyl halides is 3. The predicted octanol–water partition coefficient (Wildman–Crippen LogP) is 4.15. The van der Waals surface area contributed by atoms with Crippen LogP contribution < -0.4 is 5.32 Å². The van der Waals surface area contributed by atoms with Crippen LogP contribution in [-0.4, -0.2) is 37.1 Å². The zero-order valence-electron chi connectivity index (χ0n) is 12.5. The Labute approximate surface area is 140 Å². The topological polar surface area (TPSA) is 15.3 Å². The molecule has 22 heavy (non-hydrogen) atoms. The van der Waals surface area contributed by atoms with Crippen molar-refractivity contribution < 1.29 is 13.2 Å². The molecule has 0 atom stereocenters. The van der Waals surface area contributed by atoms with Gasteiger partial charge in [-0.1, -0.05) is 12.1 Å². The molecule has 126 valence electrons. The van der Waals surface area contributed by atoms with Crippen molar-refractivity contribution in [2.24, 2.45) is 5.92 Å². The van der Waals surface area contributed by atoms with Crippen LogP contribution in [0.2, 0.25) is 0 Å². The van der Waals surface area contributed by atoms with Crippen LogP contribution in [0, 0.1) is 5.92 Å². The van der Waals surface area contributed by atoms with Crippen molar-refractivity contribution in [1.29, 1.82) is 0 Å². The average Bonchev–Trinajstić information content (AvgIpc) is 2.42. The highest BCUT2D eigenvalue weighted by atomic mass is 35.5. The normalized spacial score (nSPS) is 17.3. The van der Waals surface area contributed by atoms with Gasteiger partial charge >= 0.3 is 5.51 Å². The minimum absolute atomic E-state index is 0. The van der Waals surface area contributed by atoms with Gasteiger partial charge in [0.15, 0.2) is 0 Å². The number of nitrogens with one attached hydrogen (secondary N) is 1. The number of rotatable bonds is 5. The van der Waals surface area contributed by atoms with E-state index in [0.29, 0.717) is 0 Å². The summed E-state index contributed by atoms with van der Waals surface area (Å²) in [5.41, 5.74) is -3.13. The Morgan fingerprint density at radius 3 is 2.27 bits per heavy atom. The number of hydrogen-bond donors (Lipinski definition) is 1. The first-order valence-electron chi connectivity index (χ1n) is 7.18. The lowest BCUT2D eigenvalue weighted by Crippen LogP contribution is -2.36. The maximum atomic E-state index is 12.3. The van der Waals surface area contributed by atoms with Gasteiger partial charge in [0.2, 0.25) is 0 Å². The molecule has 1 N–H and O–H groups in total. The standard InChI is InChI=1S/C15H21F3N2S.ClH/c1-19-10-12-6-8-20(9-7-12)11-13-2-4-14(5-3-13)21-15(16,17)18;/h2-5,12,19H,6-11H2,1H3;1H. The van der Waals surface area contributed by atoms with Gasteiger partial charge in [-0.05, 0) is 74.9 Å². The van der Waals surface area contributed by atoms with E-state index in [1.165, 1.54) is 12.8 Å². The van der Waals surface area contributed by atoms with Gasteiger partial charge in [0.25, 0.3) is 0 Å². The summed E-state index contributed by atoms with van der Waals surface area (Å²) in [6.45, 7) is 4.01. The van der Waals surface area contributed by atoms with Crippen molar-refractivity contribution >= 4 is 24.2 Å². The van der Waals surface area contributed by atoms with Gasteiger partial charge in [0, 0.05) is 11.4 Å². The zero-order chi connectivity index (χ0) is 15.3. The molecule has 2 rings (SSSR count). The molecule has 0 aromatic heterocycles. The van der Waals surface area contributed by atoms with Gasteiger partial charge in [-0.2, -0.15) is 13.2 Å². The Kier molecular flexibility index (Phi) is 8.03. The fraction of sp³-hybridized carbons (Fsp3) is 0.600. The highest BCUT2D eigenvalue weighted by Gasteiger charge is 2.29. The van der Waals surface area contributed by atoms with Gasteiger partial charge in [0.1, 0.15) is 0 Å². The molecule has 1 saturated heterocycles. The summed E-state index contributed by atoms with van der Waals surface area (Å²) in [4.78, 5) is 2.62. The first-order valence-corrected chi connectivity index (χ1v) is 7.99. The molecule has 0 aliphatic carbocycles. The molecule has 0 spiro atoms. The molecule has 7 heteroatoms. The Morgan fingerprint density at radius 2 is 1.77 bits per heavy atom. The summed E-state index contributed by atoms with van der Waals surface area (Å²) in [5, 5.41) is 3.21. The largest absolute Gasteiger partial charge is 0.446 e. The van der Waals surface area contributed by atoms with Crippen molar-refractivity contribution in [1.82, 2.24) is 10.2 Å². The third-order valence-corrected chi connectivity index (χ3v) is 4.50. The van der Waals surface area contributed by atoms with Crippen LogP contribution in [0.1, 0.15) is 18.4 Å². The van der Waals surface area contributed by atoms with E-state index >= 15 is 0 Å². The fourth-order valence-electron chi connectivity index (χ4n) is 2.69. The molecule has 1 fully saturated rings. The molecular formula is C15H22ClF3N2S. The lowest BCUT2D eigenvalue weighted by Gasteiger charge is -2.31.